The summed E-state index contributed by atoms with van der Waals surface area (Å²) >= 11 is 0. The van der Waals surface area contributed by atoms with Crippen LogP contribution in [0.25, 0.3) is 0 Å². The highest BCUT2D eigenvalue weighted by Gasteiger charge is 1.96. The Morgan fingerprint density at radius 3 is 2.56 bits per heavy atom. The van der Waals surface area contributed by atoms with Gasteiger partial charge in [0.1, 0.15) is 0 Å². The zero-order chi connectivity index (χ0) is 13.4. The van der Waals surface area contributed by atoms with Crippen molar-refractivity contribution in [1.82, 2.24) is 5.43 Å². The van der Waals surface area contributed by atoms with Crippen LogP contribution in [0.2, 0.25) is 0 Å². The Morgan fingerprint density at radius 2 is 2.00 bits per heavy atom. The van der Waals surface area contributed by atoms with Crippen LogP contribution in [-0.4, -0.2) is 24.8 Å². The van der Waals surface area contributed by atoms with E-state index in [4.69, 9.17) is 0 Å². The normalized spacial score (nSPS) is 10.1. The van der Waals surface area contributed by atoms with Crippen molar-refractivity contribution < 1.29 is 14.3 Å². The molecule has 6 heteroatoms. The van der Waals surface area contributed by atoms with Gasteiger partial charge in [0.05, 0.1) is 12.8 Å². The van der Waals surface area contributed by atoms with Crippen molar-refractivity contribution in [3.63, 3.8) is 0 Å². The first-order chi connectivity index (χ1) is 8.61. The fraction of sp³-hybridized carbons (Fsp3) is 0.250. The van der Waals surface area contributed by atoms with Crippen molar-refractivity contribution in [2.75, 3.05) is 11.9 Å². The van der Waals surface area contributed by atoms with E-state index in [2.05, 4.69) is 20.6 Å². The maximum absolute atomic E-state index is 10.9. The van der Waals surface area contributed by atoms with Crippen LogP contribution in [0.1, 0.15) is 19.4 Å². The molecule has 0 bridgehead atoms. The third kappa shape index (κ3) is 5.11. The van der Waals surface area contributed by atoms with Crippen LogP contribution in [0, 0.1) is 0 Å². The second kappa shape index (κ2) is 7.05. The molecule has 18 heavy (non-hydrogen) atoms. The minimum absolute atomic E-state index is 0.125. The van der Waals surface area contributed by atoms with E-state index >= 15 is 0 Å². The van der Waals surface area contributed by atoms with Gasteiger partial charge < -0.3 is 10.1 Å². The molecule has 0 fully saturated rings. The number of anilines is 1. The highest BCUT2D eigenvalue weighted by atomic mass is 16.5. The molecule has 0 spiro atoms. The average molecular weight is 249 g/mol. The van der Waals surface area contributed by atoms with Gasteiger partial charge in [0.15, 0.2) is 0 Å². The minimum Gasteiger partial charge on any atom is -0.449 e. The Kier molecular flexibility index (Phi) is 5.37. The number of hydrazone groups is 1. The average Bonchev–Trinajstić information content (AvgIpc) is 2.31. The van der Waals surface area contributed by atoms with E-state index in [1.54, 1.807) is 31.2 Å². The van der Waals surface area contributed by atoms with Gasteiger partial charge in [0.25, 0.3) is 0 Å². The summed E-state index contributed by atoms with van der Waals surface area (Å²) in [5.74, 6) is -0.125. The molecular formula is C12H15N3O3. The predicted octanol–water partition coefficient (Wildman–Crippen LogP) is 1.72. The molecule has 0 saturated heterocycles. The summed E-state index contributed by atoms with van der Waals surface area (Å²) in [6.45, 7) is 3.45. The van der Waals surface area contributed by atoms with Crippen molar-refractivity contribution >= 4 is 23.9 Å². The number of nitrogens with zero attached hydrogens (tertiary/aromatic N) is 1. The number of rotatable bonds is 4. The quantitative estimate of drug-likeness (QED) is 0.630. The molecular weight excluding hydrogens is 234 g/mol. The molecule has 2 N–H and O–H groups in total. The summed E-state index contributed by atoms with van der Waals surface area (Å²) in [7, 11) is 0. The molecule has 0 aliphatic carbocycles. The Hall–Kier alpha value is -2.37. The lowest BCUT2D eigenvalue weighted by molar-refractivity contribution is -0.114. The highest BCUT2D eigenvalue weighted by molar-refractivity contribution is 5.89. The maximum Gasteiger partial charge on any atom is 0.427 e. The third-order valence-electron chi connectivity index (χ3n) is 1.88. The van der Waals surface area contributed by atoms with Crippen molar-refractivity contribution in [2.45, 2.75) is 13.8 Å². The van der Waals surface area contributed by atoms with Crippen molar-refractivity contribution in [1.29, 1.82) is 0 Å². The fourth-order valence-electron chi connectivity index (χ4n) is 1.18. The van der Waals surface area contributed by atoms with Gasteiger partial charge in [-0.25, -0.2) is 10.2 Å². The molecule has 0 aromatic heterocycles. The lowest BCUT2D eigenvalue weighted by Gasteiger charge is -2.01. The molecule has 6 nitrogen and oxygen atoms in total. The van der Waals surface area contributed by atoms with Gasteiger partial charge in [0.2, 0.25) is 5.91 Å². The largest absolute Gasteiger partial charge is 0.449 e. The second-order valence-corrected chi connectivity index (χ2v) is 3.39. The highest BCUT2D eigenvalue weighted by Crippen LogP contribution is 2.07. The molecule has 1 aromatic carbocycles. The van der Waals surface area contributed by atoms with E-state index in [9.17, 15) is 9.59 Å². The number of amides is 2. The Bertz CT molecular complexity index is 440. The number of carbonyl (C=O) groups is 2. The number of ether oxygens (including phenoxy) is 1. The molecule has 0 aliphatic rings. The van der Waals surface area contributed by atoms with Gasteiger partial charge in [-0.3, -0.25) is 4.79 Å². The monoisotopic (exact) mass is 249 g/mol. The number of hydrogen-bond donors (Lipinski definition) is 2. The van der Waals surface area contributed by atoms with Gasteiger partial charge in [-0.05, 0) is 24.6 Å². The maximum atomic E-state index is 10.9. The van der Waals surface area contributed by atoms with E-state index in [-0.39, 0.29) is 5.91 Å². The Labute approximate surface area is 105 Å². The Morgan fingerprint density at radius 1 is 1.33 bits per heavy atom. The topological polar surface area (TPSA) is 79.8 Å². The summed E-state index contributed by atoms with van der Waals surface area (Å²) < 4.78 is 4.63. The predicted molar refractivity (Wildman–Crippen MR) is 68.5 cm³/mol. The first-order valence-corrected chi connectivity index (χ1v) is 5.45. The van der Waals surface area contributed by atoms with E-state index in [0.717, 1.165) is 5.56 Å². The number of hydrogen-bond acceptors (Lipinski definition) is 4. The molecule has 1 rings (SSSR count). The molecule has 96 valence electrons. The molecule has 0 saturated carbocycles. The molecule has 2 amide bonds. The van der Waals surface area contributed by atoms with Crippen molar-refractivity contribution in [2.24, 2.45) is 5.10 Å². The standard InChI is InChI=1S/C12H15N3O3/c1-3-18-12(17)15-13-8-10-4-6-11(7-5-10)14-9(2)16/h4-8H,3H2,1-2H3,(H,14,16)(H,15,17)/b13-8+. The van der Waals surface area contributed by atoms with Crippen molar-refractivity contribution in [3.8, 4) is 0 Å². The molecule has 0 aliphatic heterocycles. The SMILES string of the molecule is CCOC(=O)N/N=C/c1ccc(NC(C)=O)cc1. The third-order valence-corrected chi connectivity index (χ3v) is 1.88. The summed E-state index contributed by atoms with van der Waals surface area (Å²) in [6.07, 6.45) is 0.887. The van der Waals surface area contributed by atoms with Gasteiger partial charge in [-0.2, -0.15) is 5.10 Å². The van der Waals surface area contributed by atoms with Crippen LogP contribution in [0.5, 0.6) is 0 Å². The first-order valence-electron chi connectivity index (χ1n) is 5.45. The Balaban J connectivity index is 2.50. The minimum atomic E-state index is -0.594. The number of benzene rings is 1. The zero-order valence-corrected chi connectivity index (χ0v) is 10.3. The van der Waals surface area contributed by atoms with Crippen LogP contribution < -0.4 is 10.7 Å². The number of nitrogens with one attached hydrogen (secondary N) is 2. The van der Waals surface area contributed by atoms with Crippen LogP contribution >= 0.6 is 0 Å². The number of carbonyl (C=O) groups excluding carboxylic acids is 2. The smallest absolute Gasteiger partial charge is 0.427 e. The summed E-state index contributed by atoms with van der Waals surface area (Å²) in [6, 6.07) is 7.02. The van der Waals surface area contributed by atoms with E-state index < -0.39 is 6.09 Å². The van der Waals surface area contributed by atoms with Gasteiger partial charge in [-0.1, -0.05) is 12.1 Å². The zero-order valence-electron chi connectivity index (χ0n) is 10.3. The van der Waals surface area contributed by atoms with Gasteiger partial charge >= 0.3 is 6.09 Å². The van der Waals surface area contributed by atoms with E-state index in [1.165, 1.54) is 13.1 Å². The second-order valence-electron chi connectivity index (χ2n) is 3.39. The lowest BCUT2D eigenvalue weighted by Crippen LogP contribution is -2.18. The fourth-order valence-corrected chi connectivity index (χ4v) is 1.18. The van der Waals surface area contributed by atoms with Gasteiger partial charge in [0, 0.05) is 12.6 Å². The molecule has 0 heterocycles. The summed E-state index contributed by atoms with van der Waals surface area (Å²) in [5.41, 5.74) is 3.72. The molecule has 0 atom stereocenters. The molecule has 0 radical (unpaired) electrons. The summed E-state index contributed by atoms with van der Waals surface area (Å²) in [5, 5.41) is 6.36. The van der Waals surface area contributed by atoms with Crippen LogP contribution in [-0.2, 0) is 9.53 Å². The van der Waals surface area contributed by atoms with Crippen LogP contribution in [0.15, 0.2) is 29.4 Å². The van der Waals surface area contributed by atoms with E-state index in [1.807, 2.05) is 0 Å². The van der Waals surface area contributed by atoms with Crippen molar-refractivity contribution in [3.05, 3.63) is 29.8 Å². The van der Waals surface area contributed by atoms with Crippen LogP contribution in [0.4, 0.5) is 10.5 Å². The van der Waals surface area contributed by atoms with E-state index in [0.29, 0.717) is 12.3 Å². The molecule has 1 aromatic rings. The van der Waals surface area contributed by atoms with Crippen LogP contribution in [0.3, 0.4) is 0 Å². The first kappa shape index (κ1) is 13.7. The summed E-state index contributed by atoms with van der Waals surface area (Å²) in [4.78, 5) is 21.7. The lowest BCUT2D eigenvalue weighted by atomic mass is 10.2. The molecule has 0 unspecified atom stereocenters. The van der Waals surface area contributed by atoms with Gasteiger partial charge in [-0.15, -0.1) is 0 Å².